The van der Waals surface area contributed by atoms with Crippen molar-refractivity contribution >= 4 is 5.91 Å². The van der Waals surface area contributed by atoms with Crippen molar-refractivity contribution in [2.24, 2.45) is 17.8 Å². The molecule has 3 nitrogen and oxygen atoms in total. The summed E-state index contributed by atoms with van der Waals surface area (Å²) in [4.78, 5) is 16.2. The van der Waals surface area contributed by atoms with Crippen molar-refractivity contribution in [2.75, 3.05) is 6.54 Å². The van der Waals surface area contributed by atoms with Crippen LogP contribution in [0.4, 0.5) is 0 Å². The van der Waals surface area contributed by atoms with E-state index in [1.807, 2.05) is 0 Å². The standard InChI is InChI=1S/C23H35NO2/c25-23(24-15-7-9-16-8-1-4-12-19(16)24)22-17-10-2-5-13-20(17)26-21-14-6-3-11-18(21)22/h17-18,20-22H,1-15H2. The van der Waals surface area contributed by atoms with Gasteiger partial charge in [-0.3, -0.25) is 4.79 Å². The van der Waals surface area contributed by atoms with Crippen LogP contribution < -0.4 is 0 Å². The molecule has 4 unspecified atom stereocenters. The van der Waals surface area contributed by atoms with Gasteiger partial charge in [0, 0.05) is 18.2 Å². The molecular weight excluding hydrogens is 322 g/mol. The van der Waals surface area contributed by atoms with E-state index in [-0.39, 0.29) is 5.92 Å². The van der Waals surface area contributed by atoms with E-state index in [1.165, 1.54) is 89.2 Å². The van der Waals surface area contributed by atoms with Crippen molar-refractivity contribution in [2.45, 2.75) is 102 Å². The molecule has 144 valence electrons. The second-order valence-electron chi connectivity index (χ2n) is 9.49. The molecule has 4 atom stereocenters. The summed E-state index contributed by atoms with van der Waals surface area (Å²) in [5.74, 6) is 1.72. The summed E-state index contributed by atoms with van der Waals surface area (Å²) in [6.45, 7) is 0.976. The number of ether oxygens (including phenoxy) is 1. The number of carbonyl (C=O) groups is 1. The van der Waals surface area contributed by atoms with Crippen molar-refractivity contribution in [3.8, 4) is 0 Å². The minimum absolute atomic E-state index is 0.244. The molecule has 2 aliphatic heterocycles. The molecule has 2 saturated carbocycles. The van der Waals surface area contributed by atoms with Crippen molar-refractivity contribution in [3.05, 3.63) is 11.3 Å². The minimum Gasteiger partial charge on any atom is -0.374 e. The predicted molar refractivity (Wildman–Crippen MR) is 103 cm³/mol. The summed E-state index contributed by atoms with van der Waals surface area (Å²) in [6, 6.07) is 0. The van der Waals surface area contributed by atoms with E-state index in [0.29, 0.717) is 30.0 Å². The van der Waals surface area contributed by atoms with Crippen LogP contribution in [0.5, 0.6) is 0 Å². The first-order valence-corrected chi connectivity index (χ1v) is 11.5. The fourth-order valence-electron chi connectivity index (χ4n) is 6.87. The molecule has 5 rings (SSSR count). The lowest BCUT2D eigenvalue weighted by molar-refractivity contribution is -0.184. The average Bonchev–Trinajstić information content (AvgIpc) is 2.71. The molecule has 0 radical (unpaired) electrons. The van der Waals surface area contributed by atoms with Crippen LogP contribution in [0.2, 0.25) is 0 Å². The number of hydrogen-bond donors (Lipinski definition) is 0. The monoisotopic (exact) mass is 357 g/mol. The van der Waals surface area contributed by atoms with E-state index in [9.17, 15) is 4.79 Å². The van der Waals surface area contributed by atoms with Crippen molar-refractivity contribution < 1.29 is 9.53 Å². The maximum atomic E-state index is 14.0. The number of nitrogens with zero attached hydrogens (tertiary/aromatic N) is 1. The van der Waals surface area contributed by atoms with E-state index in [2.05, 4.69) is 4.90 Å². The second kappa shape index (κ2) is 7.30. The van der Waals surface area contributed by atoms with Crippen LogP contribution in [-0.2, 0) is 9.53 Å². The first-order valence-electron chi connectivity index (χ1n) is 11.5. The van der Waals surface area contributed by atoms with E-state index in [0.717, 1.165) is 13.0 Å². The summed E-state index contributed by atoms with van der Waals surface area (Å²) < 4.78 is 6.59. The lowest BCUT2D eigenvalue weighted by Gasteiger charge is -2.52. The summed E-state index contributed by atoms with van der Waals surface area (Å²) in [6.07, 6.45) is 18.1. The Morgan fingerprint density at radius 2 is 1.38 bits per heavy atom. The van der Waals surface area contributed by atoms with Gasteiger partial charge in [-0.2, -0.15) is 0 Å². The normalized spacial score (nSPS) is 40.5. The number of rotatable bonds is 1. The molecular formula is C23H35NO2. The highest BCUT2D eigenvalue weighted by molar-refractivity contribution is 5.82. The predicted octanol–water partition coefficient (Wildman–Crippen LogP) is 5.20. The van der Waals surface area contributed by atoms with Gasteiger partial charge in [-0.1, -0.05) is 31.3 Å². The minimum atomic E-state index is 0.244. The molecule has 3 aliphatic carbocycles. The van der Waals surface area contributed by atoms with Crippen LogP contribution >= 0.6 is 0 Å². The molecule has 0 N–H and O–H groups in total. The van der Waals surface area contributed by atoms with Gasteiger partial charge in [-0.05, 0) is 76.0 Å². The Kier molecular flexibility index (Phi) is 4.85. The van der Waals surface area contributed by atoms with E-state index < -0.39 is 0 Å². The maximum Gasteiger partial charge on any atom is 0.230 e. The van der Waals surface area contributed by atoms with Gasteiger partial charge < -0.3 is 9.64 Å². The van der Waals surface area contributed by atoms with Gasteiger partial charge in [0.1, 0.15) is 0 Å². The Bertz CT molecular complexity index is 557. The lowest BCUT2D eigenvalue weighted by atomic mass is 9.64. The summed E-state index contributed by atoms with van der Waals surface area (Å²) in [5, 5.41) is 0. The fourth-order valence-corrected chi connectivity index (χ4v) is 6.87. The number of fused-ring (bicyclic) bond motifs is 2. The fraction of sp³-hybridized carbons (Fsp3) is 0.870. The highest BCUT2D eigenvalue weighted by Crippen LogP contribution is 2.49. The second-order valence-corrected chi connectivity index (χ2v) is 9.49. The molecule has 3 fully saturated rings. The Morgan fingerprint density at radius 1 is 0.769 bits per heavy atom. The van der Waals surface area contributed by atoms with Crippen LogP contribution in [0, 0.1) is 17.8 Å². The van der Waals surface area contributed by atoms with Crippen LogP contribution in [0.25, 0.3) is 0 Å². The Labute approximate surface area is 158 Å². The molecule has 26 heavy (non-hydrogen) atoms. The van der Waals surface area contributed by atoms with Crippen molar-refractivity contribution in [1.29, 1.82) is 0 Å². The van der Waals surface area contributed by atoms with Gasteiger partial charge in [0.05, 0.1) is 12.2 Å². The first-order chi connectivity index (χ1) is 12.8. The quantitative estimate of drug-likeness (QED) is 0.645. The smallest absolute Gasteiger partial charge is 0.230 e. The molecule has 0 spiro atoms. The van der Waals surface area contributed by atoms with Crippen molar-refractivity contribution in [1.82, 2.24) is 4.90 Å². The molecule has 2 heterocycles. The third-order valence-electron chi connectivity index (χ3n) is 8.07. The summed E-state index contributed by atoms with van der Waals surface area (Å²) >= 11 is 0. The molecule has 0 aromatic heterocycles. The molecule has 1 saturated heterocycles. The van der Waals surface area contributed by atoms with Gasteiger partial charge in [0.2, 0.25) is 5.91 Å². The number of hydrogen-bond acceptors (Lipinski definition) is 2. The Morgan fingerprint density at radius 3 is 2.12 bits per heavy atom. The zero-order valence-electron chi connectivity index (χ0n) is 16.3. The van der Waals surface area contributed by atoms with Gasteiger partial charge in [0.25, 0.3) is 0 Å². The molecule has 0 aromatic rings. The molecule has 0 bridgehead atoms. The molecule has 5 aliphatic rings. The zero-order chi connectivity index (χ0) is 17.5. The van der Waals surface area contributed by atoms with E-state index >= 15 is 0 Å². The largest absolute Gasteiger partial charge is 0.374 e. The van der Waals surface area contributed by atoms with Gasteiger partial charge in [-0.15, -0.1) is 0 Å². The highest BCUT2D eigenvalue weighted by atomic mass is 16.5. The number of carbonyl (C=O) groups excluding carboxylic acids is 1. The van der Waals surface area contributed by atoms with Gasteiger partial charge in [0.15, 0.2) is 0 Å². The third-order valence-corrected chi connectivity index (χ3v) is 8.07. The van der Waals surface area contributed by atoms with Crippen LogP contribution in [0.3, 0.4) is 0 Å². The highest BCUT2D eigenvalue weighted by Gasteiger charge is 2.51. The van der Waals surface area contributed by atoms with Crippen LogP contribution in [0.15, 0.2) is 11.3 Å². The lowest BCUT2D eigenvalue weighted by Crippen LogP contribution is -2.56. The van der Waals surface area contributed by atoms with Gasteiger partial charge in [-0.25, -0.2) is 0 Å². The molecule has 0 aromatic carbocycles. The number of amides is 1. The maximum absolute atomic E-state index is 14.0. The third kappa shape index (κ3) is 2.95. The Hall–Kier alpha value is -0.830. The Balaban J connectivity index is 1.46. The van der Waals surface area contributed by atoms with Crippen LogP contribution in [0.1, 0.15) is 89.9 Å². The number of allylic oxidation sites excluding steroid dienone is 2. The zero-order valence-corrected chi connectivity index (χ0v) is 16.3. The molecule has 1 amide bonds. The SMILES string of the molecule is O=C(C1C2CCCCC2OC2CCCCC21)N1CCCC2=C1CCCC2. The van der Waals surface area contributed by atoms with Crippen molar-refractivity contribution in [3.63, 3.8) is 0 Å². The average molecular weight is 358 g/mol. The summed E-state index contributed by atoms with van der Waals surface area (Å²) in [7, 11) is 0. The summed E-state index contributed by atoms with van der Waals surface area (Å²) in [5.41, 5.74) is 3.06. The topological polar surface area (TPSA) is 29.5 Å². The van der Waals surface area contributed by atoms with E-state index in [1.54, 1.807) is 5.57 Å². The van der Waals surface area contributed by atoms with Gasteiger partial charge >= 0.3 is 0 Å². The molecule has 3 heteroatoms. The van der Waals surface area contributed by atoms with Crippen LogP contribution in [-0.4, -0.2) is 29.6 Å². The van der Waals surface area contributed by atoms with E-state index in [4.69, 9.17) is 4.74 Å². The first kappa shape index (κ1) is 17.3.